The Balaban J connectivity index is 0.841. The van der Waals surface area contributed by atoms with Crippen molar-refractivity contribution in [3.05, 3.63) is 296 Å². The first-order chi connectivity index (χ1) is 40.3. The van der Waals surface area contributed by atoms with E-state index in [9.17, 15) is 0 Å². The van der Waals surface area contributed by atoms with E-state index in [4.69, 9.17) is 8.83 Å². The van der Waals surface area contributed by atoms with Crippen molar-refractivity contribution >= 4 is 44.3 Å². The fourth-order valence-corrected chi connectivity index (χ4v) is 12.9. The molecule has 2 aliphatic rings. The van der Waals surface area contributed by atoms with Crippen molar-refractivity contribution in [1.29, 1.82) is 0 Å². The average Bonchev–Trinajstić information content (AvgIpc) is 2.23. The molecule has 0 amide bonds. The maximum absolute atomic E-state index is 6.44. The summed E-state index contributed by atoms with van der Waals surface area (Å²) in [5, 5.41) is 3.59. The first-order valence-corrected chi connectivity index (χ1v) is 28.5. The van der Waals surface area contributed by atoms with E-state index in [2.05, 4.69) is 273 Å². The SMILES string of the molecule is CC1C=C(c2c(-c3ccccc3)c3cc4c(cc3n2-c2ccccc2)C(C)(C)c2cc(-c3ccc(N(c5ccc(-c6ccc(-c7ccccc7)o6)cc5)c5ccc(-c6ccc(-c7ccccc7)o6)cc5)c5ccccc35)ccc2-4)C=CC1. The van der Waals surface area contributed by atoms with Gasteiger partial charge in [0.15, 0.2) is 0 Å². The molecule has 4 nitrogen and oxygen atoms in total. The molecule has 0 bridgehead atoms. The van der Waals surface area contributed by atoms with Gasteiger partial charge in [-0.1, -0.05) is 191 Å². The number of aromatic nitrogens is 1. The average molecular weight is 1060 g/mol. The van der Waals surface area contributed by atoms with Gasteiger partial charge in [-0.2, -0.15) is 0 Å². The Bertz CT molecular complexity index is 4470. The Morgan fingerprint density at radius 1 is 0.427 bits per heavy atom. The molecule has 0 saturated carbocycles. The lowest BCUT2D eigenvalue weighted by atomic mass is 9.81. The van der Waals surface area contributed by atoms with Crippen LogP contribution in [0.15, 0.2) is 288 Å². The highest BCUT2D eigenvalue weighted by Gasteiger charge is 2.38. The van der Waals surface area contributed by atoms with Crippen molar-refractivity contribution in [2.75, 3.05) is 4.90 Å². The summed E-state index contributed by atoms with van der Waals surface area (Å²) in [5.41, 5.74) is 22.0. The summed E-state index contributed by atoms with van der Waals surface area (Å²) in [6.07, 6.45) is 8.20. The molecule has 10 aromatic carbocycles. The number of furan rings is 2. The van der Waals surface area contributed by atoms with Gasteiger partial charge in [0.2, 0.25) is 0 Å². The highest BCUT2D eigenvalue weighted by atomic mass is 16.3. The minimum atomic E-state index is -0.283. The predicted molar refractivity (Wildman–Crippen MR) is 341 cm³/mol. The Morgan fingerprint density at radius 3 is 1.49 bits per heavy atom. The molecular weight excluding hydrogens is 997 g/mol. The van der Waals surface area contributed by atoms with Crippen LogP contribution < -0.4 is 4.90 Å². The van der Waals surface area contributed by atoms with E-state index < -0.39 is 0 Å². The molecule has 4 heteroatoms. The van der Waals surface area contributed by atoms with Crippen molar-refractivity contribution in [3.63, 3.8) is 0 Å². The van der Waals surface area contributed by atoms with Gasteiger partial charge >= 0.3 is 0 Å². The van der Waals surface area contributed by atoms with E-state index in [0.29, 0.717) is 5.92 Å². The number of anilines is 3. The van der Waals surface area contributed by atoms with Crippen LogP contribution >= 0.6 is 0 Å². The number of allylic oxidation sites excluding steroid dienone is 4. The Hall–Kier alpha value is -10.2. The van der Waals surface area contributed by atoms with Crippen molar-refractivity contribution in [1.82, 2.24) is 4.57 Å². The molecule has 3 aromatic heterocycles. The van der Waals surface area contributed by atoms with E-state index in [0.717, 1.165) is 79.9 Å². The van der Waals surface area contributed by atoms with E-state index in [-0.39, 0.29) is 5.41 Å². The lowest BCUT2D eigenvalue weighted by Crippen LogP contribution is -2.15. The number of para-hydroxylation sites is 1. The van der Waals surface area contributed by atoms with Gasteiger partial charge in [-0.05, 0) is 171 Å². The summed E-state index contributed by atoms with van der Waals surface area (Å²) in [6, 6.07) is 93.9. The number of hydrogen-bond acceptors (Lipinski definition) is 3. The van der Waals surface area contributed by atoms with Gasteiger partial charge in [-0.3, -0.25) is 0 Å². The molecule has 15 rings (SSSR count). The van der Waals surface area contributed by atoms with Crippen LogP contribution in [0.5, 0.6) is 0 Å². The van der Waals surface area contributed by atoms with Gasteiger partial charge < -0.3 is 18.3 Å². The van der Waals surface area contributed by atoms with E-state index in [1.807, 2.05) is 36.4 Å². The van der Waals surface area contributed by atoms with Gasteiger partial charge in [-0.15, -0.1) is 0 Å². The van der Waals surface area contributed by atoms with Crippen LogP contribution in [0.25, 0.3) is 112 Å². The predicted octanol–water partition coefficient (Wildman–Crippen LogP) is 21.7. The van der Waals surface area contributed by atoms with Gasteiger partial charge in [0.25, 0.3) is 0 Å². The van der Waals surface area contributed by atoms with Crippen molar-refractivity contribution in [2.45, 2.75) is 32.6 Å². The Morgan fingerprint density at radius 2 is 0.915 bits per heavy atom. The van der Waals surface area contributed by atoms with Crippen LogP contribution in [0.3, 0.4) is 0 Å². The van der Waals surface area contributed by atoms with Crippen molar-refractivity contribution < 1.29 is 8.83 Å². The summed E-state index contributed by atoms with van der Waals surface area (Å²) < 4.78 is 15.4. The highest BCUT2D eigenvalue weighted by molar-refractivity contribution is 6.09. The van der Waals surface area contributed by atoms with Crippen LogP contribution in [0.1, 0.15) is 44.0 Å². The molecule has 3 heterocycles. The topological polar surface area (TPSA) is 34.5 Å². The Labute approximate surface area is 478 Å². The quantitative estimate of drug-likeness (QED) is 0.129. The molecule has 0 spiro atoms. The molecule has 0 fully saturated rings. The van der Waals surface area contributed by atoms with Crippen LogP contribution in [-0.2, 0) is 5.41 Å². The smallest absolute Gasteiger partial charge is 0.134 e. The number of nitrogens with zero attached hydrogens (tertiary/aromatic N) is 2. The third-order valence-corrected chi connectivity index (χ3v) is 17.0. The summed E-state index contributed by atoms with van der Waals surface area (Å²) in [7, 11) is 0. The number of rotatable bonds is 11. The fourth-order valence-electron chi connectivity index (χ4n) is 12.9. The molecule has 82 heavy (non-hydrogen) atoms. The normalized spacial score (nSPS) is 14.2. The number of benzene rings is 10. The summed E-state index contributed by atoms with van der Waals surface area (Å²) in [4.78, 5) is 2.38. The molecule has 2 aliphatic carbocycles. The molecule has 392 valence electrons. The first kappa shape index (κ1) is 48.9. The van der Waals surface area contributed by atoms with Gasteiger partial charge in [0.05, 0.1) is 16.9 Å². The zero-order valence-electron chi connectivity index (χ0n) is 46.1. The Kier molecular flexibility index (Phi) is 11.9. The van der Waals surface area contributed by atoms with E-state index in [1.165, 1.54) is 72.1 Å². The van der Waals surface area contributed by atoms with Crippen LogP contribution in [0.2, 0.25) is 0 Å². The maximum Gasteiger partial charge on any atom is 0.134 e. The zero-order chi connectivity index (χ0) is 54.9. The van der Waals surface area contributed by atoms with Crippen molar-refractivity contribution in [2.24, 2.45) is 5.92 Å². The fraction of sp³-hybridized carbons (Fsp3) is 0.0769. The van der Waals surface area contributed by atoms with Crippen LogP contribution in [0, 0.1) is 5.92 Å². The highest BCUT2D eigenvalue weighted by Crippen LogP contribution is 2.54. The summed E-state index contributed by atoms with van der Waals surface area (Å²) >= 11 is 0. The largest absolute Gasteiger partial charge is 0.456 e. The number of fused-ring (bicyclic) bond motifs is 5. The molecular formula is C78H58N2O2. The molecule has 0 radical (unpaired) electrons. The van der Waals surface area contributed by atoms with Crippen molar-refractivity contribution in [3.8, 4) is 84.4 Å². The third kappa shape index (κ3) is 8.37. The number of hydrogen-bond donors (Lipinski definition) is 0. The minimum Gasteiger partial charge on any atom is -0.456 e. The lowest BCUT2D eigenvalue weighted by Gasteiger charge is -2.28. The second-order valence-electron chi connectivity index (χ2n) is 22.5. The molecule has 0 aliphatic heterocycles. The first-order valence-electron chi connectivity index (χ1n) is 28.5. The summed E-state index contributed by atoms with van der Waals surface area (Å²) in [6.45, 7) is 7.15. The molecule has 0 saturated heterocycles. The standard InChI is InChI=1S/C78H58N2O2/c1-51-19-18-26-58(47-51)77-76(56-24-12-6-13-25-56)67-49-66-64-40-35-57(48-68(64)78(2,3)69(66)50-71(67)80(77)59-27-14-7-15-28-59)62-41-42-70(65-30-17-16-29-63(62)65)79(60-36-31-54(32-37-60)74-45-43-72(81-74)52-20-8-4-9-21-52)61-38-33-55(34-39-61)75-46-44-73(82-75)53-22-10-5-11-23-53/h4-18,20-51H,19H2,1-3H3. The molecule has 13 aromatic rings. The molecule has 0 N–H and O–H groups in total. The third-order valence-electron chi connectivity index (χ3n) is 17.0. The minimum absolute atomic E-state index is 0.283. The zero-order valence-corrected chi connectivity index (χ0v) is 46.1. The molecule has 1 atom stereocenters. The summed E-state index contributed by atoms with van der Waals surface area (Å²) in [5.74, 6) is 3.79. The van der Waals surface area contributed by atoms with E-state index in [1.54, 1.807) is 0 Å². The van der Waals surface area contributed by atoms with Gasteiger partial charge in [0.1, 0.15) is 23.0 Å². The van der Waals surface area contributed by atoms with Gasteiger partial charge in [-0.25, -0.2) is 0 Å². The van der Waals surface area contributed by atoms with E-state index >= 15 is 0 Å². The monoisotopic (exact) mass is 1050 g/mol. The van der Waals surface area contributed by atoms with Crippen LogP contribution in [-0.4, -0.2) is 4.57 Å². The van der Waals surface area contributed by atoms with Crippen LogP contribution in [0.4, 0.5) is 17.1 Å². The second-order valence-corrected chi connectivity index (χ2v) is 22.5. The van der Waals surface area contributed by atoms with Gasteiger partial charge in [0, 0.05) is 61.1 Å². The molecule has 1 unspecified atom stereocenters. The lowest BCUT2D eigenvalue weighted by molar-refractivity contribution is 0.597. The maximum atomic E-state index is 6.44. The second kappa shape index (κ2) is 19.9.